The van der Waals surface area contributed by atoms with Crippen molar-refractivity contribution in [1.82, 2.24) is 0 Å². The Bertz CT molecular complexity index is 548. The number of anilines is 1. The molecule has 0 heterocycles. The normalized spacial score (nSPS) is 8.59. The lowest BCUT2D eigenvalue weighted by Crippen LogP contribution is -2.02. The summed E-state index contributed by atoms with van der Waals surface area (Å²) in [4.78, 5) is 10.9. The van der Waals surface area contributed by atoms with E-state index in [1.807, 2.05) is 0 Å². The van der Waals surface area contributed by atoms with E-state index in [0.717, 1.165) is 12.3 Å². The number of carbonyl (C=O) groups is 1. The van der Waals surface area contributed by atoms with Gasteiger partial charge in [0.15, 0.2) is 0 Å². The topological polar surface area (TPSA) is 117 Å². The molecule has 0 unspecified atom stereocenters. The van der Waals surface area contributed by atoms with Gasteiger partial charge < -0.3 is 15.5 Å². The molecule has 1 aromatic carbocycles. The van der Waals surface area contributed by atoms with Crippen LogP contribution in [-0.2, 0) is 0 Å². The zero-order chi connectivity index (χ0) is 12.8. The number of hydrogen-bond acceptors (Lipinski definition) is 5. The van der Waals surface area contributed by atoms with Crippen LogP contribution in [0.2, 0.25) is 0 Å². The average Bonchev–Trinajstić information content (AvgIpc) is 2.31. The summed E-state index contributed by atoms with van der Waals surface area (Å²) in [6.45, 7) is 0. The maximum Gasteiger partial charge on any atom is 0.337 e. The van der Waals surface area contributed by atoms with Crippen LogP contribution in [-0.4, -0.2) is 16.2 Å². The number of allylic oxidation sites excluding steroid dienone is 1. The minimum Gasteiger partial charge on any atom is -0.508 e. The minimum atomic E-state index is -1.23. The Morgan fingerprint density at radius 2 is 2.00 bits per heavy atom. The van der Waals surface area contributed by atoms with Gasteiger partial charge in [-0.3, -0.25) is 0 Å². The third-order valence-corrected chi connectivity index (χ3v) is 1.85. The van der Waals surface area contributed by atoms with E-state index in [9.17, 15) is 4.79 Å². The molecule has 84 valence electrons. The standard InChI is InChI=1S/C11H7N3O3/c12-4-7(5-13)6-14-10-2-1-8(15)3-9(10)11(16)17/h1-3,6,14-15H,(H,16,17). The first-order valence-electron chi connectivity index (χ1n) is 4.41. The molecule has 0 atom stereocenters. The summed E-state index contributed by atoms with van der Waals surface area (Å²) in [5, 5.41) is 37.5. The maximum atomic E-state index is 10.9. The number of phenols is 1. The fraction of sp³-hybridized carbons (Fsp3) is 0. The summed E-state index contributed by atoms with van der Waals surface area (Å²) in [5.41, 5.74) is -0.163. The molecular formula is C11H7N3O3. The molecule has 0 spiro atoms. The molecular weight excluding hydrogens is 222 g/mol. The molecule has 0 saturated heterocycles. The van der Waals surface area contributed by atoms with Crippen LogP contribution in [0.5, 0.6) is 5.75 Å². The second-order valence-electron chi connectivity index (χ2n) is 2.96. The van der Waals surface area contributed by atoms with Gasteiger partial charge in [0, 0.05) is 6.20 Å². The molecule has 17 heavy (non-hydrogen) atoms. The lowest BCUT2D eigenvalue weighted by Gasteiger charge is -2.05. The van der Waals surface area contributed by atoms with Crippen molar-refractivity contribution in [1.29, 1.82) is 10.5 Å². The average molecular weight is 229 g/mol. The van der Waals surface area contributed by atoms with Crippen LogP contribution >= 0.6 is 0 Å². The molecule has 0 aliphatic carbocycles. The van der Waals surface area contributed by atoms with Crippen molar-refractivity contribution in [2.24, 2.45) is 0 Å². The fourth-order valence-electron chi connectivity index (χ4n) is 1.07. The zero-order valence-corrected chi connectivity index (χ0v) is 8.51. The lowest BCUT2D eigenvalue weighted by atomic mass is 10.1. The first-order valence-corrected chi connectivity index (χ1v) is 4.41. The Labute approximate surface area is 96.7 Å². The number of rotatable bonds is 3. The van der Waals surface area contributed by atoms with Crippen LogP contribution in [0.3, 0.4) is 0 Å². The third-order valence-electron chi connectivity index (χ3n) is 1.85. The van der Waals surface area contributed by atoms with Gasteiger partial charge in [-0.2, -0.15) is 10.5 Å². The summed E-state index contributed by atoms with van der Waals surface area (Å²) in [7, 11) is 0. The molecule has 0 radical (unpaired) electrons. The van der Waals surface area contributed by atoms with Crippen molar-refractivity contribution in [3.8, 4) is 17.9 Å². The lowest BCUT2D eigenvalue weighted by molar-refractivity contribution is 0.0697. The van der Waals surface area contributed by atoms with Gasteiger partial charge in [-0.1, -0.05) is 0 Å². The van der Waals surface area contributed by atoms with Gasteiger partial charge in [-0.15, -0.1) is 0 Å². The monoisotopic (exact) mass is 229 g/mol. The van der Waals surface area contributed by atoms with E-state index >= 15 is 0 Å². The van der Waals surface area contributed by atoms with Gasteiger partial charge in [0.25, 0.3) is 0 Å². The Morgan fingerprint density at radius 1 is 1.35 bits per heavy atom. The molecule has 0 aromatic heterocycles. The van der Waals surface area contributed by atoms with Gasteiger partial charge >= 0.3 is 5.97 Å². The Hall–Kier alpha value is -2.99. The van der Waals surface area contributed by atoms with E-state index in [1.54, 1.807) is 12.1 Å². The molecule has 0 bridgehead atoms. The molecule has 0 aliphatic rings. The summed E-state index contributed by atoms with van der Waals surface area (Å²) >= 11 is 0. The van der Waals surface area contributed by atoms with Gasteiger partial charge in [-0.25, -0.2) is 4.79 Å². The maximum absolute atomic E-state index is 10.9. The van der Waals surface area contributed by atoms with Crippen molar-refractivity contribution in [3.63, 3.8) is 0 Å². The molecule has 3 N–H and O–H groups in total. The van der Waals surface area contributed by atoms with Crippen LogP contribution in [0.1, 0.15) is 10.4 Å². The highest BCUT2D eigenvalue weighted by Gasteiger charge is 2.10. The van der Waals surface area contributed by atoms with Gasteiger partial charge in [0.05, 0.1) is 11.3 Å². The number of carboxylic acid groups (broad SMARTS) is 1. The van der Waals surface area contributed by atoms with Gasteiger partial charge in [0.2, 0.25) is 0 Å². The highest BCUT2D eigenvalue weighted by molar-refractivity contribution is 5.95. The molecule has 1 aromatic rings. The summed E-state index contributed by atoms with van der Waals surface area (Å²) < 4.78 is 0. The van der Waals surface area contributed by atoms with E-state index in [2.05, 4.69) is 5.32 Å². The SMILES string of the molecule is N#CC(C#N)=CNc1ccc(O)cc1C(=O)O. The number of aromatic carboxylic acids is 1. The van der Waals surface area contributed by atoms with E-state index in [-0.39, 0.29) is 22.6 Å². The van der Waals surface area contributed by atoms with Crippen LogP contribution in [0, 0.1) is 22.7 Å². The number of nitrogens with one attached hydrogen (secondary N) is 1. The van der Waals surface area contributed by atoms with E-state index in [4.69, 9.17) is 20.7 Å². The molecule has 0 saturated carbocycles. The van der Waals surface area contributed by atoms with Crippen molar-refractivity contribution in [3.05, 3.63) is 35.5 Å². The van der Waals surface area contributed by atoms with E-state index in [0.29, 0.717) is 0 Å². The number of aromatic hydroxyl groups is 1. The number of carboxylic acids is 1. The second kappa shape index (κ2) is 5.19. The van der Waals surface area contributed by atoms with Crippen molar-refractivity contribution in [2.75, 3.05) is 5.32 Å². The van der Waals surface area contributed by atoms with Crippen LogP contribution in [0.4, 0.5) is 5.69 Å². The zero-order valence-electron chi connectivity index (χ0n) is 8.51. The number of hydrogen-bond donors (Lipinski definition) is 3. The first-order chi connectivity index (χ1) is 8.08. The predicted molar refractivity (Wildman–Crippen MR) is 58.0 cm³/mol. The highest BCUT2D eigenvalue weighted by Crippen LogP contribution is 2.21. The van der Waals surface area contributed by atoms with Gasteiger partial charge in [0.1, 0.15) is 23.5 Å². The van der Waals surface area contributed by atoms with Gasteiger partial charge in [-0.05, 0) is 18.2 Å². The van der Waals surface area contributed by atoms with Crippen molar-refractivity contribution in [2.45, 2.75) is 0 Å². The smallest absolute Gasteiger partial charge is 0.337 e. The first kappa shape index (κ1) is 12.1. The molecule has 0 aliphatic heterocycles. The Balaban J connectivity index is 3.09. The van der Waals surface area contributed by atoms with E-state index in [1.165, 1.54) is 12.1 Å². The highest BCUT2D eigenvalue weighted by atomic mass is 16.4. The molecule has 0 fully saturated rings. The van der Waals surface area contributed by atoms with Crippen LogP contribution in [0.25, 0.3) is 0 Å². The van der Waals surface area contributed by atoms with Crippen LogP contribution in [0.15, 0.2) is 30.0 Å². The quantitative estimate of drug-likeness (QED) is 0.533. The largest absolute Gasteiger partial charge is 0.508 e. The third kappa shape index (κ3) is 2.98. The number of nitriles is 2. The van der Waals surface area contributed by atoms with Crippen molar-refractivity contribution < 1.29 is 15.0 Å². The van der Waals surface area contributed by atoms with Crippen LogP contribution < -0.4 is 5.32 Å². The Kier molecular flexibility index (Phi) is 3.69. The molecule has 6 nitrogen and oxygen atoms in total. The van der Waals surface area contributed by atoms with Crippen molar-refractivity contribution >= 4 is 11.7 Å². The summed E-state index contributed by atoms with van der Waals surface area (Å²) in [6, 6.07) is 6.94. The molecule has 0 amide bonds. The number of phenolic OH excluding ortho intramolecular Hbond substituents is 1. The summed E-state index contributed by atoms with van der Waals surface area (Å²) in [6.07, 6.45) is 1.10. The number of nitrogens with zero attached hydrogens (tertiary/aromatic N) is 2. The summed E-state index contributed by atoms with van der Waals surface area (Å²) in [5.74, 6) is -1.41. The molecule has 1 rings (SSSR count). The van der Waals surface area contributed by atoms with E-state index < -0.39 is 5.97 Å². The Morgan fingerprint density at radius 3 is 2.53 bits per heavy atom. The second-order valence-corrected chi connectivity index (χ2v) is 2.96. The number of benzene rings is 1. The molecule has 6 heteroatoms. The predicted octanol–water partition coefficient (Wildman–Crippen LogP) is 1.43. The fourth-order valence-corrected chi connectivity index (χ4v) is 1.07. The minimum absolute atomic E-state index is 0.156.